The average molecular weight is 377 g/mol. The minimum absolute atomic E-state index is 0.0351. The Morgan fingerprint density at radius 1 is 1.12 bits per heavy atom. The molecule has 0 aromatic heterocycles. The number of nitrogens with zero attached hydrogens (tertiary/aromatic N) is 1. The minimum atomic E-state index is -3.84. The Labute approximate surface area is 149 Å². The van der Waals surface area contributed by atoms with Crippen molar-refractivity contribution in [2.45, 2.75) is 11.0 Å². The highest BCUT2D eigenvalue weighted by Crippen LogP contribution is 2.31. The molecule has 0 saturated carbocycles. The van der Waals surface area contributed by atoms with Crippen molar-refractivity contribution < 1.29 is 18.0 Å². The van der Waals surface area contributed by atoms with E-state index in [2.05, 4.69) is 5.48 Å². The van der Waals surface area contributed by atoms with Gasteiger partial charge in [-0.15, -0.1) is 0 Å². The van der Waals surface area contributed by atoms with E-state index in [9.17, 15) is 13.2 Å². The summed E-state index contributed by atoms with van der Waals surface area (Å²) in [6.07, 6.45) is 1.16. The summed E-state index contributed by atoms with van der Waals surface area (Å²) in [5.41, 5.74) is 4.51. The molecule has 25 heavy (non-hydrogen) atoms. The quantitative estimate of drug-likeness (QED) is 0.890. The van der Waals surface area contributed by atoms with Gasteiger partial charge in [-0.05, 0) is 35.9 Å². The minimum Gasteiger partial charge on any atom is -0.268 e. The van der Waals surface area contributed by atoms with Gasteiger partial charge in [-0.3, -0.25) is 15.1 Å². The van der Waals surface area contributed by atoms with E-state index in [1.54, 1.807) is 30.3 Å². The van der Waals surface area contributed by atoms with Crippen LogP contribution in [-0.2, 0) is 14.9 Å². The van der Waals surface area contributed by atoms with Crippen LogP contribution in [0.3, 0.4) is 0 Å². The molecule has 2 aromatic carbocycles. The Morgan fingerprint density at radius 3 is 2.56 bits per heavy atom. The van der Waals surface area contributed by atoms with Crippen molar-refractivity contribution >= 4 is 33.2 Å². The molecule has 0 spiro atoms. The lowest BCUT2D eigenvalue weighted by Gasteiger charge is -2.17. The fourth-order valence-electron chi connectivity index (χ4n) is 2.84. The van der Waals surface area contributed by atoms with E-state index in [1.165, 1.54) is 12.1 Å². The molecule has 128 valence electrons. The number of hydroxylamine groups is 1. The van der Waals surface area contributed by atoms with Crippen LogP contribution in [0.25, 0.3) is 5.70 Å². The van der Waals surface area contributed by atoms with Crippen molar-refractivity contribution in [2.75, 3.05) is 6.54 Å². The highest BCUT2D eigenvalue weighted by atomic mass is 35.5. The van der Waals surface area contributed by atoms with Gasteiger partial charge in [-0.2, -0.15) is 0 Å². The number of carbonyl (C=O) groups is 1. The van der Waals surface area contributed by atoms with Crippen molar-refractivity contribution in [3.8, 4) is 0 Å². The van der Waals surface area contributed by atoms with Crippen LogP contribution < -0.4 is 5.48 Å². The highest BCUT2D eigenvalue weighted by Gasteiger charge is 2.42. The first-order chi connectivity index (χ1) is 12.0. The third kappa shape index (κ3) is 2.70. The molecule has 8 heteroatoms. The Kier molecular flexibility index (Phi) is 3.79. The van der Waals surface area contributed by atoms with Gasteiger partial charge in [0.15, 0.2) is 0 Å². The molecule has 0 aliphatic carbocycles. The zero-order valence-electron chi connectivity index (χ0n) is 12.8. The fraction of sp³-hybridized carbons (Fsp3) is 0.118. The molecule has 1 atom stereocenters. The van der Waals surface area contributed by atoms with E-state index >= 15 is 0 Å². The van der Waals surface area contributed by atoms with Gasteiger partial charge in [0.25, 0.3) is 15.9 Å². The van der Waals surface area contributed by atoms with Crippen LogP contribution in [-0.4, -0.2) is 31.3 Å². The van der Waals surface area contributed by atoms with E-state index in [-0.39, 0.29) is 17.0 Å². The molecule has 0 saturated heterocycles. The standard InChI is InChI=1S/C17H13ClN2O4S/c18-12-7-5-11(6-8-12)15-9-13(24-19-15)10-20-17(21)14-3-1-2-4-16(14)25(20,22)23/h1-9,13,19H,10H2/t13-/m0/s1. The summed E-state index contributed by atoms with van der Waals surface area (Å²) in [5.74, 6) is -0.535. The zero-order valence-corrected chi connectivity index (χ0v) is 14.4. The molecule has 0 bridgehead atoms. The molecule has 1 amide bonds. The van der Waals surface area contributed by atoms with Gasteiger partial charge in [0, 0.05) is 5.02 Å². The third-order valence-electron chi connectivity index (χ3n) is 4.09. The Balaban J connectivity index is 1.58. The van der Waals surface area contributed by atoms with Crippen LogP contribution in [0.15, 0.2) is 59.5 Å². The van der Waals surface area contributed by atoms with Crippen LogP contribution in [0, 0.1) is 0 Å². The summed E-state index contributed by atoms with van der Waals surface area (Å²) >= 11 is 5.87. The highest BCUT2D eigenvalue weighted by molar-refractivity contribution is 7.90. The molecule has 2 aliphatic heterocycles. The van der Waals surface area contributed by atoms with E-state index in [4.69, 9.17) is 16.4 Å². The number of halogens is 1. The second kappa shape index (κ2) is 5.87. The van der Waals surface area contributed by atoms with Crippen LogP contribution >= 0.6 is 11.6 Å². The van der Waals surface area contributed by atoms with Gasteiger partial charge < -0.3 is 0 Å². The van der Waals surface area contributed by atoms with E-state index in [0.717, 1.165) is 9.87 Å². The van der Waals surface area contributed by atoms with Crippen molar-refractivity contribution in [1.29, 1.82) is 0 Å². The molecular formula is C17H13ClN2O4S. The van der Waals surface area contributed by atoms with Gasteiger partial charge in [0.1, 0.15) is 11.0 Å². The first-order valence-corrected chi connectivity index (χ1v) is 9.34. The van der Waals surface area contributed by atoms with Gasteiger partial charge in [0.2, 0.25) is 0 Å². The number of rotatable bonds is 3. The summed E-state index contributed by atoms with van der Waals surface area (Å²) in [7, 11) is -3.84. The lowest BCUT2D eigenvalue weighted by molar-refractivity contribution is 0.0389. The Morgan fingerprint density at radius 2 is 1.84 bits per heavy atom. The van der Waals surface area contributed by atoms with Crippen molar-refractivity contribution in [3.63, 3.8) is 0 Å². The first-order valence-electron chi connectivity index (χ1n) is 7.52. The largest absolute Gasteiger partial charge is 0.269 e. The number of sulfonamides is 1. The van der Waals surface area contributed by atoms with Gasteiger partial charge in [0.05, 0.1) is 17.8 Å². The zero-order chi connectivity index (χ0) is 17.6. The summed E-state index contributed by atoms with van der Waals surface area (Å²) in [6.45, 7) is -0.0973. The second-order valence-electron chi connectivity index (χ2n) is 5.68. The molecule has 2 aromatic rings. The molecule has 2 aliphatic rings. The van der Waals surface area contributed by atoms with Crippen molar-refractivity contribution in [1.82, 2.24) is 9.79 Å². The third-order valence-corrected chi connectivity index (χ3v) is 6.14. The van der Waals surface area contributed by atoms with Gasteiger partial charge >= 0.3 is 0 Å². The SMILES string of the molecule is O=C1c2ccccc2S(=O)(=O)N1C[C@@H]1C=C(c2ccc(Cl)cc2)NO1. The average Bonchev–Trinajstić information content (AvgIpc) is 3.14. The second-order valence-corrected chi connectivity index (χ2v) is 7.95. The summed E-state index contributed by atoms with van der Waals surface area (Å²) in [5, 5.41) is 0.617. The van der Waals surface area contributed by atoms with Crippen LogP contribution in [0.1, 0.15) is 15.9 Å². The molecular weight excluding hydrogens is 364 g/mol. The monoisotopic (exact) mass is 376 g/mol. The Bertz CT molecular complexity index is 986. The van der Waals surface area contributed by atoms with E-state index < -0.39 is 22.0 Å². The molecule has 0 unspecified atom stereocenters. The van der Waals surface area contributed by atoms with E-state index in [1.807, 2.05) is 12.1 Å². The molecule has 4 rings (SSSR count). The normalized spacial score (nSPS) is 21.0. The molecule has 6 nitrogen and oxygen atoms in total. The molecule has 2 heterocycles. The summed E-state index contributed by atoms with van der Waals surface area (Å²) < 4.78 is 26.0. The topological polar surface area (TPSA) is 75.7 Å². The lowest BCUT2D eigenvalue weighted by atomic mass is 10.1. The van der Waals surface area contributed by atoms with E-state index in [0.29, 0.717) is 10.7 Å². The number of carbonyl (C=O) groups excluding carboxylic acids is 1. The van der Waals surface area contributed by atoms with Gasteiger partial charge in [-0.25, -0.2) is 12.7 Å². The van der Waals surface area contributed by atoms with Crippen molar-refractivity contribution in [2.24, 2.45) is 0 Å². The Hall–Kier alpha value is -2.35. The van der Waals surface area contributed by atoms with Crippen LogP contribution in [0.2, 0.25) is 5.02 Å². The first kappa shape index (κ1) is 16.1. The lowest BCUT2D eigenvalue weighted by Crippen LogP contribution is -2.37. The maximum atomic E-state index is 12.6. The fourth-order valence-corrected chi connectivity index (χ4v) is 4.55. The summed E-state index contributed by atoms with van der Waals surface area (Å²) in [4.78, 5) is 17.9. The number of fused-ring (bicyclic) bond motifs is 1. The van der Waals surface area contributed by atoms with Gasteiger partial charge in [-0.1, -0.05) is 35.9 Å². The maximum Gasteiger partial charge on any atom is 0.269 e. The smallest absolute Gasteiger partial charge is 0.268 e. The molecule has 0 fully saturated rings. The number of hydrogen-bond donors (Lipinski definition) is 1. The molecule has 0 radical (unpaired) electrons. The van der Waals surface area contributed by atoms with Crippen LogP contribution in [0.5, 0.6) is 0 Å². The van der Waals surface area contributed by atoms with Crippen molar-refractivity contribution in [3.05, 3.63) is 70.8 Å². The predicted octanol–water partition coefficient (Wildman–Crippen LogP) is 2.43. The molecule has 1 N–H and O–H groups in total. The maximum absolute atomic E-state index is 12.6. The number of hydrogen-bond acceptors (Lipinski definition) is 5. The number of nitrogens with one attached hydrogen (secondary N) is 1. The number of amides is 1. The summed E-state index contributed by atoms with van der Waals surface area (Å²) in [6, 6.07) is 13.3. The number of benzene rings is 2. The van der Waals surface area contributed by atoms with Crippen LogP contribution in [0.4, 0.5) is 0 Å². The predicted molar refractivity (Wildman–Crippen MR) is 92.1 cm³/mol.